The van der Waals surface area contributed by atoms with Gasteiger partial charge in [0.2, 0.25) is 0 Å². The van der Waals surface area contributed by atoms with Gasteiger partial charge in [-0.1, -0.05) is 0 Å². The van der Waals surface area contributed by atoms with Crippen LogP contribution >= 0.6 is 0 Å². The van der Waals surface area contributed by atoms with Crippen molar-refractivity contribution in [3.8, 4) is 0 Å². The lowest BCUT2D eigenvalue weighted by atomic mass is 9.52. The summed E-state index contributed by atoms with van der Waals surface area (Å²) in [6, 6.07) is 0.144. The van der Waals surface area contributed by atoms with Crippen LogP contribution in [0.2, 0.25) is 0 Å². The van der Waals surface area contributed by atoms with Gasteiger partial charge in [0.1, 0.15) is 0 Å². The van der Waals surface area contributed by atoms with Crippen molar-refractivity contribution in [3.05, 3.63) is 0 Å². The molecule has 2 saturated carbocycles. The van der Waals surface area contributed by atoms with Crippen molar-refractivity contribution in [2.75, 3.05) is 0 Å². The number of carboxylic acid groups (broad SMARTS) is 1. The molecule has 0 aromatic heterocycles. The summed E-state index contributed by atoms with van der Waals surface area (Å²) in [6.45, 7) is 5.80. The average Bonchev–Trinajstić information content (AvgIpc) is 1.93. The molecule has 0 bridgehead atoms. The zero-order valence-corrected chi connectivity index (χ0v) is 10.2. The van der Waals surface area contributed by atoms with E-state index in [1.165, 1.54) is 0 Å². The maximum atomic E-state index is 11.2. The molecule has 1 amide bonds. The fourth-order valence-corrected chi connectivity index (χ4v) is 3.39. The second kappa shape index (κ2) is 3.36. The molecule has 0 radical (unpaired) electrons. The van der Waals surface area contributed by atoms with Crippen LogP contribution in [-0.4, -0.2) is 38.9 Å². The fourth-order valence-electron chi connectivity index (χ4n) is 3.39. The third-order valence-corrected chi connectivity index (χ3v) is 3.97. The molecule has 2 fully saturated rings. The van der Waals surface area contributed by atoms with Gasteiger partial charge in [-0.3, -0.25) is 0 Å². The quantitative estimate of drug-likeness (QED) is 0.721. The lowest BCUT2D eigenvalue weighted by Gasteiger charge is -2.60. The van der Waals surface area contributed by atoms with Crippen molar-refractivity contribution < 1.29 is 15.0 Å². The molecule has 2 aliphatic rings. The maximum absolute atomic E-state index is 11.2. The van der Waals surface area contributed by atoms with Crippen LogP contribution in [0, 0.1) is 5.41 Å². The molecule has 1 spiro atoms. The van der Waals surface area contributed by atoms with E-state index in [1.54, 1.807) is 4.90 Å². The van der Waals surface area contributed by atoms with Gasteiger partial charge in [-0.05, 0) is 51.9 Å². The van der Waals surface area contributed by atoms with Crippen LogP contribution in [-0.2, 0) is 0 Å². The molecule has 0 atom stereocenters. The number of carbonyl (C=O) groups is 1. The smallest absolute Gasteiger partial charge is 0.407 e. The van der Waals surface area contributed by atoms with Crippen molar-refractivity contribution >= 4 is 6.09 Å². The summed E-state index contributed by atoms with van der Waals surface area (Å²) in [5.41, 5.74) is -0.0660. The lowest BCUT2D eigenvalue weighted by Crippen LogP contribution is -2.62. The van der Waals surface area contributed by atoms with E-state index in [0.717, 1.165) is 25.7 Å². The summed E-state index contributed by atoms with van der Waals surface area (Å²) in [7, 11) is 0. The first-order valence-corrected chi connectivity index (χ1v) is 5.94. The highest BCUT2D eigenvalue weighted by Crippen LogP contribution is 2.57. The van der Waals surface area contributed by atoms with Gasteiger partial charge in [0, 0.05) is 11.6 Å². The Bertz CT molecular complexity index is 294. The van der Waals surface area contributed by atoms with E-state index in [0.29, 0.717) is 0 Å². The van der Waals surface area contributed by atoms with Gasteiger partial charge in [-0.2, -0.15) is 0 Å². The van der Waals surface area contributed by atoms with E-state index >= 15 is 0 Å². The Morgan fingerprint density at radius 2 is 1.75 bits per heavy atom. The predicted molar refractivity (Wildman–Crippen MR) is 60.3 cm³/mol. The average molecular weight is 227 g/mol. The van der Waals surface area contributed by atoms with Crippen LogP contribution in [0.1, 0.15) is 46.5 Å². The molecule has 0 saturated heterocycles. The van der Waals surface area contributed by atoms with Crippen molar-refractivity contribution in [1.29, 1.82) is 0 Å². The largest absolute Gasteiger partial charge is 0.465 e. The zero-order valence-electron chi connectivity index (χ0n) is 10.2. The number of hydrogen-bond acceptors (Lipinski definition) is 2. The highest BCUT2D eigenvalue weighted by molar-refractivity contribution is 5.66. The molecule has 4 nitrogen and oxygen atoms in total. The molecule has 2 N–H and O–H groups in total. The predicted octanol–water partition coefficient (Wildman–Crippen LogP) is 2.07. The van der Waals surface area contributed by atoms with Crippen molar-refractivity contribution in [1.82, 2.24) is 4.90 Å². The molecule has 2 aliphatic carbocycles. The molecule has 2 rings (SSSR count). The Morgan fingerprint density at radius 3 is 2.06 bits per heavy atom. The molecular formula is C12H21NO3. The Kier molecular flexibility index (Phi) is 2.46. The summed E-state index contributed by atoms with van der Waals surface area (Å²) >= 11 is 0. The Hall–Kier alpha value is -0.770. The monoisotopic (exact) mass is 227 g/mol. The number of aliphatic hydroxyl groups excluding tert-OH is 1. The third-order valence-electron chi connectivity index (χ3n) is 3.97. The van der Waals surface area contributed by atoms with Crippen LogP contribution in [0.15, 0.2) is 0 Å². The van der Waals surface area contributed by atoms with Crippen LogP contribution < -0.4 is 0 Å². The van der Waals surface area contributed by atoms with Gasteiger partial charge in [-0.15, -0.1) is 0 Å². The first kappa shape index (κ1) is 11.7. The molecule has 92 valence electrons. The molecule has 0 aromatic carbocycles. The highest BCUT2D eigenvalue weighted by Gasteiger charge is 2.55. The van der Waals surface area contributed by atoms with E-state index in [-0.39, 0.29) is 23.1 Å². The maximum Gasteiger partial charge on any atom is 0.407 e. The minimum Gasteiger partial charge on any atom is -0.465 e. The molecule has 0 aromatic rings. The van der Waals surface area contributed by atoms with E-state index in [2.05, 4.69) is 0 Å². The number of hydrogen-bond donors (Lipinski definition) is 2. The normalized spacial score (nSPS) is 37.8. The standard InChI is InChI=1S/C12H21NO3/c1-11(2,3)13(10(15)16)8-4-12(5-8)6-9(14)7-12/h8-9,14H,4-7H2,1-3H3,(H,15,16). The topological polar surface area (TPSA) is 60.8 Å². The van der Waals surface area contributed by atoms with E-state index in [4.69, 9.17) is 0 Å². The van der Waals surface area contributed by atoms with Crippen LogP contribution in [0.3, 0.4) is 0 Å². The summed E-state index contributed by atoms with van der Waals surface area (Å²) in [4.78, 5) is 12.8. The molecule has 0 heterocycles. The molecule has 0 unspecified atom stereocenters. The van der Waals surface area contributed by atoms with Crippen molar-refractivity contribution in [3.63, 3.8) is 0 Å². The zero-order chi connectivity index (χ0) is 12.1. The van der Waals surface area contributed by atoms with Gasteiger partial charge < -0.3 is 15.1 Å². The molecule has 0 aliphatic heterocycles. The first-order chi connectivity index (χ1) is 7.23. The Morgan fingerprint density at radius 1 is 1.25 bits per heavy atom. The number of aliphatic hydroxyl groups is 1. The molecule has 4 heteroatoms. The third kappa shape index (κ3) is 1.79. The minimum absolute atomic E-state index is 0.144. The van der Waals surface area contributed by atoms with E-state index < -0.39 is 6.09 Å². The Balaban J connectivity index is 1.96. The highest BCUT2D eigenvalue weighted by atomic mass is 16.4. The van der Waals surface area contributed by atoms with Crippen molar-refractivity contribution in [2.24, 2.45) is 5.41 Å². The number of nitrogens with zero attached hydrogens (tertiary/aromatic N) is 1. The fraction of sp³-hybridized carbons (Fsp3) is 0.917. The second-order valence-electron chi connectivity index (χ2n) is 6.45. The van der Waals surface area contributed by atoms with Gasteiger partial charge in [0.15, 0.2) is 0 Å². The minimum atomic E-state index is -0.827. The van der Waals surface area contributed by atoms with E-state index in [9.17, 15) is 15.0 Å². The van der Waals surface area contributed by atoms with E-state index in [1.807, 2.05) is 20.8 Å². The van der Waals surface area contributed by atoms with Crippen LogP contribution in [0.4, 0.5) is 4.79 Å². The van der Waals surface area contributed by atoms with Crippen LogP contribution in [0.25, 0.3) is 0 Å². The summed E-state index contributed by atoms with van der Waals surface area (Å²) in [5, 5.41) is 18.5. The van der Waals surface area contributed by atoms with Crippen LogP contribution in [0.5, 0.6) is 0 Å². The Labute approximate surface area is 96.3 Å². The molecule has 16 heavy (non-hydrogen) atoms. The molecular weight excluding hydrogens is 206 g/mol. The van der Waals surface area contributed by atoms with Gasteiger partial charge in [0.25, 0.3) is 0 Å². The second-order valence-corrected chi connectivity index (χ2v) is 6.45. The first-order valence-electron chi connectivity index (χ1n) is 5.94. The van der Waals surface area contributed by atoms with Gasteiger partial charge in [-0.25, -0.2) is 4.79 Å². The van der Waals surface area contributed by atoms with Gasteiger partial charge in [0.05, 0.1) is 6.10 Å². The summed E-state index contributed by atoms with van der Waals surface area (Å²) < 4.78 is 0. The summed E-state index contributed by atoms with van der Waals surface area (Å²) in [6.07, 6.45) is 2.60. The number of rotatable bonds is 1. The lowest BCUT2D eigenvalue weighted by molar-refractivity contribution is -0.128. The number of amides is 1. The van der Waals surface area contributed by atoms with Gasteiger partial charge >= 0.3 is 6.09 Å². The summed E-state index contributed by atoms with van der Waals surface area (Å²) in [5.74, 6) is 0. The SMILES string of the molecule is CC(C)(C)N(C(=O)O)C1CC2(CC(O)C2)C1. The van der Waals surface area contributed by atoms with Crippen molar-refractivity contribution in [2.45, 2.75) is 64.1 Å².